The first-order valence-electron chi connectivity index (χ1n) is 11.9. The van der Waals surface area contributed by atoms with Gasteiger partial charge in [-0.3, -0.25) is 14.6 Å². The molecule has 1 saturated heterocycles. The average molecular weight is 459 g/mol. The van der Waals surface area contributed by atoms with Gasteiger partial charge in [-0.15, -0.1) is 0 Å². The minimum absolute atomic E-state index is 0.0950. The quantitative estimate of drug-likeness (QED) is 0.564. The fourth-order valence-corrected chi connectivity index (χ4v) is 5.70. The molecule has 1 aromatic carbocycles. The van der Waals surface area contributed by atoms with Crippen LogP contribution < -0.4 is 0 Å². The second kappa shape index (κ2) is 10.2. The van der Waals surface area contributed by atoms with E-state index in [9.17, 15) is 14.9 Å². The highest BCUT2D eigenvalue weighted by molar-refractivity contribution is 5.75. The van der Waals surface area contributed by atoms with Gasteiger partial charge in [-0.2, -0.15) is 5.26 Å². The van der Waals surface area contributed by atoms with E-state index >= 15 is 0 Å². The topological polar surface area (TPSA) is 89.3 Å². The first-order chi connectivity index (χ1) is 16.4. The number of carbonyl (C=O) groups is 2. The van der Waals surface area contributed by atoms with E-state index in [1.54, 1.807) is 12.3 Å². The summed E-state index contributed by atoms with van der Waals surface area (Å²) in [5.41, 5.74) is 3.18. The number of hydrogen-bond donors (Lipinski definition) is 0. The molecule has 1 aliphatic carbocycles. The molecule has 176 valence electrons. The van der Waals surface area contributed by atoms with Gasteiger partial charge in [-0.05, 0) is 55.7 Å². The predicted molar refractivity (Wildman–Crippen MR) is 128 cm³/mol. The van der Waals surface area contributed by atoms with Crippen LogP contribution >= 0.6 is 0 Å². The van der Waals surface area contributed by atoms with Crippen LogP contribution in [0, 0.1) is 40.9 Å². The van der Waals surface area contributed by atoms with E-state index in [4.69, 9.17) is 9.47 Å². The van der Waals surface area contributed by atoms with Gasteiger partial charge < -0.3 is 9.47 Å². The molecule has 0 bridgehead atoms. The van der Waals surface area contributed by atoms with Crippen molar-refractivity contribution in [2.24, 2.45) is 29.6 Å². The van der Waals surface area contributed by atoms with Crippen molar-refractivity contribution in [1.82, 2.24) is 4.98 Å². The van der Waals surface area contributed by atoms with Crippen molar-refractivity contribution in [3.63, 3.8) is 0 Å². The number of aromatic nitrogens is 1. The molecule has 6 heteroatoms. The van der Waals surface area contributed by atoms with Gasteiger partial charge in [0, 0.05) is 30.2 Å². The Balaban J connectivity index is 1.57. The van der Waals surface area contributed by atoms with Crippen LogP contribution in [0.4, 0.5) is 0 Å². The molecule has 0 spiro atoms. The van der Waals surface area contributed by atoms with Gasteiger partial charge in [0.05, 0.1) is 29.9 Å². The molecule has 2 aliphatic rings. The van der Waals surface area contributed by atoms with Crippen LogP contribution in [0.15, 0.2) is 48.7 Å². The summed E-state index contributed by atoms with van der Waals surface area (Å²) in [7, 11) is 0. The van der Waals surface area contributed by atoms with Crippen molar-refractivity contribution in [3.05, 3.63) is 59.9 Å². The number of rotatable bonds is 6. The van der Waals surface area contributed by atoms with Gasteiger partial charge in [0.1, 0.15) is 6.10 Å². The monoisotopic (exact) mass is 458 g/mol. The maximum absolute atomic E-state index is 12.5. The second-order valence-corrected chi connectivity index (χ2v) is 9.40. The summed E-state index contributed by atoms with van der Waals surface area (Å²) in [6, 6.07) is 13.6. The van der Waals surface area contributed by atoms with Crippen LogP contribution in [0.2, 0.25) is 0 Å². The fourth-order valence-electron chi connectivity index (χ4n) is 5.70. The van der Waals surface area contributed by atoms with E-state index in [2.05, 4.69) is 24.1 Å². The first-order valence-corrected chi connectivity index (χ1v) is 11.9. The van der Waals surface area contributed by atoms with E-state index in [1.807, 2.05) is 43.3 Å². The lowest BCUT2D eigenvalue weighted by Crippen LogP contribution is -2.41. The summed E-state index contributed by atoms with van der Waals surface area (Å²) in [4.78, 5) is 28.3. The molecule has 1 saturated carbocycles. The van der Waals surface area contributed by atoms with Crippen molar-refractivity contribution in [1.29, 1.82) is 5.26 Å². The van der Waals surface area contributed by atoms with E-state index in [-0.39, 0.29) is 41.7 Å². The van der Waals surface area contributed by atoms with E-state index < -0.39 is 0 Å². The highest BCUT2D eigenvalue weighted by Crippen LogP contribution is 2.50. The van der Waals surface area contributed by atoms with Gasteiger partial charge in [-0.1, -0.05) is 37.3 Å². The van der Waals surface area contributed by atoms with Gasteiger partial charge in [0.15, 0.2) is 0 Å². The molecular formula is C28H30N2O4. The van der Waals surface area contributed by atoms with E-state index in [0.717, 1.165) is 29.7 Å². The third-order valence-corrected chi connectivity index (χ3v) is 7.30. The Morgan fingerprint density at radius 2 is 2.06 bits per heavy atom. The normalized spacial score (nSPS) is 28.2. The van der Waals surface area contributed by atoms with Crippen LogP contribution in [0.1, 0.15) is 44.9 Å². The van der Waals surface area contributed by atoms with Gasteiger partial charge in [0.25, 0.3) is 0 Å². The summed E-state index contributed by atoms with van der Waals surface area (Å²) in [5, 5.41) is 9.37. The fraction of sp³-hybridized carbons (Fsp3) is 0.429. The minimum atomic E-state index is -0.275. The second-order valence-electron chi connectivity index (χ2n) is 9.40. The van der Waals surface area contributed by atoms with Crippen LogP contribution in [-0.4, -0.2) is 29.6 Å². The van der Waals surface area contributed by atoms with Gasteiger partial charge in [0.2, 0.25) is 0 Å². The first kappa shape index (κ1) is 23.7. The number of cyclic esters (lactones) is 1. The zero-order valence-electron chi connectivity index (χ0n) is 19.8. The largest absolute Gasteiger partial charge is 0.466 e. The Morgan fingerprint density at radius 1 is 1.26 bits per heavy atom. The lowest BCUT2D eigenvalue weighted by Gasteiger charge is -2.42. The third kappa shape index (κ3) is 4.89. The van der Waals surface area contributed by atoms with Crippen LogP contribution in [0.5, 0.6) is 0 Å². The SMILES string of the molecule is CC(=O)OCC[C@H]1[C@H](C=Cc2ccc(-c3ccccc3C#N)cn2)[C@@H]2[C@@H](C)OC(=O)[C@@H]2C[C@@H]1C. The molecule has 1 aliphatic heterocycles. The van der Waals surface area contributed by atoms with Crippen LogP contribution in [-0.2, 0) is 19.1 Å². The zero-order valence-corrected chi connectivity index (χ0v) is 19.8. The number of ether oxygens (including phenoxy) is 2. The summed E-state index contributed by atoms with van der Waals surface area (Å²) in [6.45, 7) is 5.95. The maximum Gasteiger partial charge on any atom is 0.309 e. The average Bonchev–Trinajstić information content (AvgIpc) is 3.11. The highest BCUT2D eigenvalue weighted by Gasteiger charge is 2.52. The Morgan fingerprint density at radius 3 is 2.76 bits per heavy atom. The molecule has 2 fully saturated rings. The number of carbonyl (C=O) groups excluding carboxylic acids is 2. The lowest BCUT2D eigenvalue weighted by atomic mass is 9.61. The number of nitriles is 1. The molecule has 2 heterocycles. The van der Waals surface area contributed by atoms with Crippen molar-refractivity contribution >= 4 is 18.0 Å². The summed E-state index contributed by atoms with van der Waals surface area (Å²) >= 11 is 0. The minimum Gasteiger partial charge on any atom is -0.466 e. The number of pyridine rings is 1. The molecule has 2 aromatic rings. The molecule has 0 N–H and O–H groups in total. The number of esters is 2. The number of fused-ring (bicyclic) bond motifs is 1. The Hall–Kier alpha value is -3.46. The van der Waals surface area contributed by atoms with Gasteiger partial charge in [-0.25, -0.2) is 0 Å². The predicted octanol–water partition coefficient (Wildman–Crippen LogP) is 5.04. The van der Waals surface area contributed by atoms with Crippen molar-refractivity contribution in [2.45, 2.75) is 39.7 Å². The molecule has 0 amide bonds. The van der Waals surface area contributed by atoms with Crippen molar-refractivity contribution in [2.75, 3.05) is 6.61 Å². The maximum atomic E-state index is 12.5. The molecule has 1 aromatic heterocycles. The van der Waals surface area contributed by atoms with Crippen molar-refractivity contribution < 1.29 is 19.1 Å². The Kier molecular flexibility index (Phi) is 7.12. The number of hydrogen-bond acceptors (Lipinski definition) is 6. The standard InChI is InChI=1S/C28H30N2O4/c1-17-14-26-27(18(2)34-28(26)32)25(23(17)12-13-33-19(3)31)11-10-22-9-8-21(16-30-22)24-7-5-4-6-20(24)15-29/h4-11,16-18,23,25-27H,12-14H2,1-3H3/t17-,18+,23+,25-,26+,27-/m0/s1. The molecule has 0 radical (unpaired) electrons. The molecule has 6 atom stereocenters. The molecular weight excluding hydrogens is 428 g/mol. The molecule has 4 rings (SSSR count). The Labute approximate surface area is 200 Å². The van der Waals surface area contributed by atoms with Crippen LogP contribution in [0.3, 0.4) is 0 Å². The molecule has 0 unspecified atom stereocenters. The Bertz CT molecular complexity index is 1120. The number of nitrogens with zero attached hydrogens (tertiary/aromatic N) is 2. The summed E-state index contributed by atoms with van der Waals surface area (Å²) in [6.07, 6.45) is 7.36. The smallest absolute Gasteiger partial charge is 0.309 e. The zero-order chi connectivity index (χ0) is 24.2. The van der Waals surface area contributed by atoms with E-state index in [0.29, 0.717) is 18.1 Å². The third-order valence-electron chi connectivity index (χ3n) is 7.30. The lowest BCUT2D eigenvalue weighted by molar-refractivity contribution is -0.144. The van der Waals surface area contributed by atoms with Gasteiger partial charge >= 0.3 is 11.9 Å². The van der Waals surface area contributed by atoms with Crippen LogP contribution in [0.25, 0.3) is 17.2 Å². The molecule has 34 heavy (non-hydrogen) atoms. The molecule has 6 nitrogen and oxygen atoms in total. The van der Waals surface area contributed by atoms with Crippen molar-refractivity contribution in [3.8, 4) is 17.2 Å². The number of allylic oxidation sites excluding steroid dienone is 1. The summed E-state index contributed by atoms with van der Waals surface area (Å²) in [5.74, 6) is 0.332. The summed E-state index contributed by atoms with van der Waals surface area (Å²) < 4.78 is 10.9. The number of benzene rings is 1. The highest BCUT2D eigenvalue weighted by atomic mass is 16.6. The van der Waals surface area contributed by atoms with E-state index in [1.165, 1.54) is 6.92 Å².